The van der Waals surface area contributed by atoms with Crippen molar-refractivity contribution in [2.75, 3.05) is 0 Å². The highest BCUT2D eigenvalue weighted by molar-refractivity contribution is 5.79. The Balaban J connectivity index is 3.03. The number of pyridine rings is 1. The zero-order valence-corrected chi connectivity index (χ0v) is 5.60. The van der Waals surface area contributed by atoms with Gasteiger partial charge >= 0.3 is 0 Å². The van der Waals surface area contributed by atoms with Crippen molar-refractivity contribution in [1.29, 1.82) is 5.26 Å². The Morgan fingerprint density at radius 2 is 2.55 bits per heavy atom. The van der Waals surface area contributed by atoms with Crippen LogP contribution in [0.15, 0.2) is 23.5 Å². The molecule has 0 fully saturated rings. The van der Waals surface area contributed by atoms with Gasteiger partial charge in [0.1, 0.15) is 11.8 Å². The molecule has 1 aromatic heterocycles. The molecule has 0 spiro atoms. The lowest BCUT2D eigenvalue weighted by molar-refractivity contribution is 0.322. The number of nitriles is 1. The van der Waals surface area contributed by atoms with Gasteiger partial charge in [-0.15, -0.1) is 0 Å². The van der Waals surface area contributed by atoms with Gasteiger partial charge in [0.25, 0.3) is 0 Å². The van der Waals surface area contributed by atoms with E-state index in [1.54, 1.807) is 6.07 Å². The van der Waals surface area contributed by atoms with Crippen molar-refractivity contribution >= 4 is 6.21 Å². The first-order chi connectivity index (χ1) is 5.36. The maximum atomic E-state index is 8.41. The van der Waals surface area contributed by atoms with Crippen LogP contribution in [0.4, 0.5) is 0 Å². The molecule has 1 N–H and O–H groups in total. The number of aromatic nitrogens is 1. The van der Waals surface area contributed by atoms with Crippen molar-refractivity contribution in [3.63, 3.8) is 0 Å². The predicted octanol–water partition coefficient (Wildman–Crippen LogP) is 0.761. The van der Waals surface area contributed by atoms with Crippen LogP contribution in [0.1, 0.15) is 11.3 Å². The fourth-order valence-corrected chi connectivity index (χ4v) is 0.655. The first kappa shape index (κ1) is 7.22. The molecule has 54 valence electrons. The molecule has 0 unspecified atom stereocenters. The van der Waals surface area contributed by atoms with Crippen molar-refractivity contribution < 1.29 is 5.21 Å². The van der Waals surface area contributed by atoms with Crippen LogP contribution in [0.25, 0.3) is 0 Å². The largest absolute Gasteiger partial charge is 0.411 e. The van der Waals surface area contributed by atoms with Gasteiger partial charge in [0, 0.05) is 11.8 Å². The monoisotopic (exact) mass is 147 g/mol. The van der Waals surface area contributed by atoms with Crippen molar-refractivity contribution in [3.8, 4) is 6.07 Å². The lowest BCUT2D eigenvalue weighted by Crippen LogP contribution is -1.85. The molecule has 0 amide bonds. The smallest absolute Gasteiger partial charge is 0.141 e. The molecule has 0 radical (unpaired) electrons. The highest BCUT2D eigenvalue weighted by Gasteiger charge is 1.91. The average molecular weight is 147 g/mol. The van der Waals surface area contributed by atoms with E-state index in [4.69, 9.17) is 10.5 Å². The van der Waals surface area contributed by atoms with Crippen LogP contribution in [0.5, 0.6) is 0 Å². The quantitative estimate of drug-likeness (QED) is 0.362. The summed E-state index contributed by atoms with van der Waals surface area (Å²) in [4.78, 5) is 3.74. The lowest BCUT2D eigenvalue weighted by Gasteiger charge is -1.89. The number of hydrogen-bond acceptors (Lipinski definition) is 4. The van der Waals surface area contributed by atoms with Crippen molar-refractivity contribution in [1.82, 2.24) is 4.98 Å². The zero-order chi connectivity index (χ0) is 8.10. The van der Waals surface area contributed by atoms with Crippen LogP contribution in [-0.4, -0.2) is 16.4 Å². The number of nitrogens with zero attached hydrogens (tertiary/aromatic N) is 3. The SMILES string of the molecule is N#Cc1cc(/C=N/O)ccn1. The van der Waals surface area contributed by atoms with Crippen LogP contribution < -0.4 is 0 Å². The van der Waals surface area contributed by atoms with Gasteiger partial charge in [0.15, 0.2) is 0 Å². The first-order valence-corrected chi connectivity index (χ1v) is 2.90. The molecule has 0 aliphatic carbocycles. The van der Waals surface area contributed by atoms with Crippen molar-refractivity contribution in [2.24, 2.45) is 5.16 Å². The van der Waals surface area contributed by atoms with E-state index in [9.17, 15) is 0 Å². The second kappa shape index (κ2) is 3.32. The highest BCUT2D eigenvalue weighted by Crippen LogP contribution is 1.96. The summed E-state index contributed by atoms with van der Waals surface area (Å²) in [5.41, 5.74) is 0.960. The second-order valence-corrected chi connectivity index (χ2v) is 1.83. The van der Waals surface area contributed by atoms with E-state index in [2.05, 4.69) is 10.1 Å². The van der Waals surface area contributed by atoms with Crippen LogP contribution in [0.3, 0.4) is 0 Å². The molecule has 1 rings (SSSR count). The normalized spacial score (nSPS) is 9.73. The molecule has 0 aromatic carbocycles. The van der Waals surface area contributed by atoms with Crippen LogP contribution >= 0.6 is 0 Å². The summed E-state index contributed by atoms with van der Waals surface area (Å²) in [7, 11) is 0. The van der Waals surface area contributed by atoms with Gasteiger partial charge in [0.2, 0.25) is 0 Å². The summed E-state index contributed by atoms with van der Waals surface area (Å²) in [5, 5.41) is 19.4. The molecule has 0 saturated heterocycles. The number of rotatable bonds is 1. The van der Waals surface area contributed by atoms with E-state index >= 15 is 0 Å². The van der Waals surface area contributed by atoms with Crippen LogP contribution in [0, 0.1) is 11.3 Å². The number of oxime groups is 1. The minimum atomic E-state index is 0.308. The fraction of sp³-hybridized carbons (Fsp3) is 0. The standard InChI is InChI=1S/C7H5N3O/c8-4-7-3-6(5-10-11)1-2-9-7/h1-3,5,11H/b10-5+. The summed E-state index contributed by atoms with van der Waals surface area (Å²) in [5.74, 6) is 0. The van der Waals surface area contributed by atoms with E-state index in [1.165, 1.54) is 18.5 Å². The first-order valence-electron chi connectivity index (χ1n) is 2.90. The molecule has 1 heterocycles. The van der Waals surface area contributed by atoms with Gasteiger partial charge in [-0.25, -0.2) is 4.98 Å². The molecule has 0 bridgehead atoms. The summed E-state index contributed by atoms with van der Waals surface area (Å²) >= 11 is 0. The minimum absolute atomic E-state index is 0.308. The van der Waals surface area contributed by atoms with Crippen molar-refractivity contribution in [2.45, 2.75) is 0 Å². The third-order valence-electron chi connectivity index (χ3n) is 1.11. The maximum absolute atomic E-state index is 8.41. The van der Waals surface area contributed by atoms with Gasteiger partial charge in [-0.1, -0.05) is 5.16 Å². The molecular weight excluding hydrogens is 142 g/mol. The zero-order valence-electron chi connectivity index (χ0n) is 5.60. The van der Waals surface area contributed by atoms with Crippen LogP contribution in [0.2, 0.25) is 0 Å². The second-order valence-electron chi connectivity index (χ2n) is 1.83. The molecular formula is C7H5N3O. The summed E-state index contributed by atoms with van der Waals surface area (Å²) in [6.45, 7) is 0. The Hall–Kier alpha value is -1.89. The van der Waals surface area contributed by atoms with Crippen LogP contribution in [-0.2, 0) is 0 Å². The summed E-state index contributed by atoms with van der Waals surface area (Å²) in [6.07, 6.45) is 2.72. The Bertz CT molecular complexity index is 314. The highest BCUT2D eigenvalue weighted by atomic mass is 16.4. The van der Waals surface area contributed by atoms with Gasteiger partial charge in [0.05, 0.1) is 6.21 Å². The predicted molar refractivity (Wildman–Crippen MR) is 38.3 cm³/mol. The Kier molecular flexibility index (Phi) is 2.18. The molecule has 11 heavy (non-hydrogen) atoms. The summed E-state index contributed by atoms with van der Waals surface area (Å²) in [6, 6.07) is 5.04. The molecule has 4 nitrogen and oxygen atoms in total. The van der Waals surface area contributed by atoms with E-state index in [0.717, 1.165) is 0 Å². The number of hydrogen-bond donors (Lipinski definition) is 1. The van der Waals surface area contributed by atoms with E-state index < -0.39 is 0 Å². The molecule has 0 aliphatic heterocycles. The summed E-state index contributed by atoms with van der Waals surface area (Å²) < 4.78 is 0. The van der Waals surface area contributed by atoms with E-state index in [-0.39, 0.29) is 0 Å². The van der Waals surface area contributed by atoms with Crippen molar-refractivity contribution in [3.05, 3.63) is 29.6 Å². The van der Waals surface area contributed by atoms with E-state index in [0.29, 0.717) is 11.3 Å². The minimum Gasteiger partial charge on any atom is -0.411 e. The average Bonchev–Trinajstić information content (AvgIpc) is 2.06. The topological polar surface area (TPSA) is 69.3 Å². The van der Waals surface area contributed by atoms with Gasteiger partial charge in [-0.2, -0.15) is 5.26 Å². The molecule has 0 saturated carbocycles. The van der Waals surface area contributed by atoms with Gasteiger partial charge in [-0.05, 0) is 12.1 Å². The Morgan fingerprint density at radius 3 is 3.18 bits per heavy atom. The third kappa shape index (κ3) is 1.76. The lowest BCUT2D eigenvalue weighted by atomic mass is 10.2. The molecule has 0 atom stereocenters. The van der Waals surface area contributed by atoms with Gasteiger partial charge < -0.3 is 5.21 Å². The maximum Gasteiger partial charge on any atom is 0.141 e. The Morgan fingerprint density at radius 1 is 1.73 bits per heavy atom. The molecule has 1 aromatic rings. The molecule has 4 heteroatoms. The third-order valence-corrected chi connectivity index (χ3v) is 1.11. The van der Waals surface area contributed by atoms with Gasteiger partial charge in [-0.3, -0.25) is 0 Å². The van der Waals surface area contributed by atoms with E-state index in [1.807, 2.05) is 6.07 Å². The Labute approximate surface area is 63.4 Å². The fourth-order valence-electron chi connectivity index (χ4n) is 0.655. The molecule has 0 aliphatic rings.